The van der Waals surface area contributed by atoms with Crippen LogP contribution in [0.25, 0.3) is 6.08 Å². The normalized spacial score (nSPS) is 21.3. The number of nitrogens with zero attached hydrogens (tertiary/aromatic N) is 2. The SMILES string of the molecule is O=C1N=C(N2CCSC2)SC1=Cc1ccccc1O. The van der Waals surface area contributed by atoms with Crippen molar-refractivity contribution in [1.82, 2.24) is 4.90 Å². The number of thioether (sulfide) groups is 2. The van der Waals surface area contributed by atoms with Gasteiger partial charge in [-0.15, -0.1) is 11.8 Å². The highest BCUT2D eigenvalue weighted by Crippen LogP contribution is 2.33. The molecule has 4 nitrogen and oxygen atoms in total. The van der Waals surface area contributed by atoms with E-state index >= 15 is 0 Å². The molecule has 0 aromatic heterocycles. The van der Waals surface area contributed by atoms with Gasteiger partial charge in [-0.3, -0.25) is 4.79 Å². The molecule has 2 aliphatic rings. The summed E-state index contributed by atoms with van der Waals surface area (Å²) in [5, 5.41) is 10.5. The van der Waals surface area contributed by atoms with Crippen LogP contribution in [0.2, 0.25) is 0 Å². The highest BCUT2D eigenvalue weighted by molar-refractivity contribution is 8.18. The van der Waals surface area contributed by atoms with Gasteiger partial charge in [0.25, 0.3) is 5.91 Å². The van der Waals surface area contributed by atoms with E-state index in [0.29, 0.717) is 10.5 Å². The first-order valence-corrected chi connectivity index (χ1v) is 7.84. The molecule has 0 aliphatic carbocycles. The third kappa shape index (κ3) is 2.64. The van der Waals surface area contributed by atoms with E-state index in [4.69, 9.17) is 0 Å². The Hall–Kier alpha value is -1.40. The highest BCUT2D eigenvalue weighted by atomic mass is 32.2. The number of benzene rings is 1. The van der Waals surface area contributed by atoms with E-state index in [0.717, 1.165) is 23.3 Å². The number of carbonyl (C=O) groups excluding carboxylic acids is 1. The summed E-state index contributed by atoms with van der Waals surface area (Å²) in [4.78, 5) is 18.6. The molecule has 3 rings (SSSR count). The van der Waals surface area contributed by atoms with Gasteiger partial charge in [0.2, 0.25) is 0 Å². The van der Waals surface area contributed by atoms with Crippen LogP contribution in [0.4, 0.5) is 0 Å². The number of para-hydroxylation sites is 1. The fourth-order valence-corrected chi connectivity index (χ4v) is 3.81. The topological polar surface area (TPSA) is 52.9 Å². The molecule has 1 N–H and O–H groups in total. The lowest BCUT2D eigenvalue weighted by Gasteiger charge is -2.13. The van der Waals surface area contributed by atoms with Crippen molar-refractivity contribution < 1.29 is 9.90 Å². The average Bonchev–Trinajstić information content (AvgIpc) is 3.02. The molecular formula is C13H12N2O2S2. The minimum absolute atomic E-state index is 0.175. The van der Waals surface area contributed by atoms with Crippen LogP contribution < -0.4 is 0 Å². The lowest BCUT2D eigenvalue weighted by molar-refractivity contribution is -0.113. The van der Waals surface area contributed by atoms with Crippen LogP contribution >= 0.6 is 23.5 Å². The number of rotatable bonds is 1. The molecule has 2 aliphatic heterocycles. The molecular weight excluding hydrogens is 280 g/mol. The monoisotopic (exact) mass is 292 g/mol. The number of aromatic hydroxyl groups is 1. The molecule has 98 valence electrons. The number of hydrogen-bond acceptors (Lipinski definition) is 5. The summed E-state index contributed by atoms with van der Waals surface area (Å²) in [6.45, 7) is 0.938. The van der Waals surface area contributed by atoms with E-state index < -0.39 is 0 Å². The summed E-state index contributed by atoms with van der Waals surface area (Å²) in [6.07, 6.45) is 1.70. The van der Waals surface area contributed by atoms with Crippen LogP contribution in [0, 0.1) is 0 Å². The molecule has 19 heavy (non-hydrogen) atoms. The molecule has 2 heterocycles. The summed E-state index contributed by atoms with van der Waals surface area (Å²) in [6, 6.07) is 6.97. The average molecular weight is 292 g/mol. The quantitative estimate of drug-likeness (QED) is 0.805. The second kappa shape index (κ2) is 5.30. The van der Waals surface area contributed by atoms with Crippen molar-refractivity contribution >= 4 is 40.7 Å². The van der Waals surface area contributed by atoms with Gasteiger partial charge in [0.05, 0.1) is 10.8 Å². The van der Waals surface area contributed by atoms with Gasteiger partial charge < -0.3 is 10.0 Å². The number of aliphatic imine (C=N–C) groups is 1. The Labute approximate surface area is 119 Å². The summed E-state index contributed by atoms with van der Waals surface area (Å²) < 4.78 is 0. The largest absolute Gasteiger partial charge is 0.507 e. The van der Waals surface area contributed by atoms with Gasteiger partial charge in [-0.25, -0.2) is 0 Å². The third-order valence-corrected chi connectivity index (χ3v) is 4.87. The van der Waals surface area contributed by atoms with E-state index in [1.807, 2.05) is 17.8 Å². The van der Waals surface area contributed by atoms with Crippen molar-refractivity contribution in [3.05, 3.63) is 34.7 Å². The minimum atomic E-state index is -0.222. The first kappa shape index (κ1) is 12.6. The number of hydrogen-bond donors (Lipinski definition) is 1. The van der Waals surface area contributed by atoms with Crippen LogP contribution in [0.15, 0.2) is 34.2 Å². The Morgan fingerprint density at radius 3 is 2.95 bits per heavy atom. The predicted octanol–water partition coefficient (Wildman–Crippen LogP) is 2.37. The molecule has 1 aromatic rings. The van der Waals surface area contributed by atoms with Crippen molar-refractivity contribution in [2.75, 3.05) is 18.2 Å². The number of phenolic OH excluding ortho intramolecular Hbond substituents is 1. The smallest absolute Gasteiger partial charge is 0.286 e. The molecule has 0 unspecified atom stereocenters. The minimum Gasteiger partial charge on any atom is -0.507 e. The second-order valence-corrected chi connectivity index (χ2v) is 6.25. The Balaban J connectivity index is 1.81. The zero-order valence-electron chi connectivity index (χ0n) is 10.1. The van der Waals surface area contributed by atoms with Gasteiger partial charge in [0.1, 0.15) is 5.75 Å². The maximum atomic E-state index is 11.9. The summed E-state index contributed by atoms with van der Waals surface area (Å²) >= 11 is 3.22. The van der Waals surface area contributed by atoms with Gasteiger partial charge in [-0.2, -0.15) is 4.99 Å². The molecule has 0 spiro atoms. The fourth-order valence-electron chi connectivity index (χ4n) is 1.85. The van der Waals surface area contributed by atoms with Crippen molar-refractivity contribution in [2.45, 2.75) is 0 Å². The van der Waals surface area contributed by atoms with E-state index in [-0.39, 0.29) is 11.7 Å². The molecule has 6 heteroatoms. The first-order chi connectivity index (χ1) is 9.24. The van der Waals surface area contributed by atoms with Gasteiger partial charge in [0, 0.05) is 17.9 Å². The summed E-state index contributed by atoms with van der Waals surface area (Å²) in [5.74, 6) is 1.92. The zero-order valence-corrected chi connectivity index (χ0v) is 11.7. The van der Waals surface area contributed by atoms with Gasteiger partial charge in [-0.1, -0.05) is 18.2 Å². The van der Waals surface area contributed by atoms with Crippen LogP contribution in [0.1, 0.15) is 5.56 Å². The molecule has 1 aromatic carbocycles. The third-order valence-electron chi connectivity index (χ3n) is 2.86. The van der Waals surface area contributed by atoms with Crippen molar-refractivity contribution in [3.8, 4) is 5.75 Å². The number of amidine groups is 1. The molecule has 0 bridgehead atoms. The molecule has 0 radical (unpaired) electrons. The molecule has 0 atom stereocenters. The lowest BCUT2D eigenvalue weighted by Crippen LogP contribution is -2.23. The van der Waals surface area contributed by atoms with Crippen LogP contribution in [0.3, 0.4) is 0 Å². The van der Waals surface area contributed by atoms with E-state index in [9.17, 15) is 9.90 Å². The number of amides is 1. The van der Waals surface area contributed by atoms with Gasteiger partial charge in [0.15, 0.2) is 5.17 Å². The van der Waals surface area contributed by atoms with E-state index in [2.05, 4.69) is 9.89 Å². The first-order valence-electron chi connectivity index (χ1n) is 5.87. The zero-order chi connectivity index (χ0) is 13.2. The maximum Gasteiger partial charge on any atom is 0.286 e. The highest BCUT2D eigenvalue weighted by Gasteiger charge is 2.27. The summed E-state index contributed by atoms with van der Waals surface area (Å²) in [5.41, 5.74) is 0.644. The number of phenols is 1. The van der Waals surface area contributed by atoms with Gasteiger partial charge in [-0.05, 0) is 23.9 Å². The molecule has 1 amide bonds. The Kier molecular flexibility index (Phi) is 3.52. The Morgan fingerprint density at radius 2 is 2.21 bits per heavy atom. The second-order valence-electron chi connectivity index (χ2n) is 4.17. The standard InChI is InChI=1S/C13H12N2O2S2/c16-10-4-2-1-3-9(10)7-11-12(17)14-13(19-11)15-5-6-18-8-15/h1-4,7,16H,5-6,8H2. The maximum absolute atomic E-state index is 11.9. The van der Waals surface area contributed by atoms with E-state index in [1.54, 1.807) is 24.3 Å². The van der Waals surface area contributed by atoms with Crippen molar-refractivity contribution in [1.29, 1.82) is 0 Å². The molecule has 1 fully saturated rings. The van der Waals surface area contributed by atoms with Crippen molar-refractivity contribution in [2.24, 2.45) is 4.99 Å². The number of carbonyl (C=O) groups is 1. The fraction of sp³-hybridized carbons (Fsp3) is 0.231. The Bertz CT molecular complexity index is 578. The molecule has 0 saturated carbocycles. The van der Waals surface area contributed by atoms with E-state index in [1.165, 1.54) is 11.8 Å². The predicted molar refractivity (Wildman–Crippen MR) is 80.1 cm³/mol. The Morgan fingerprint density at radius 1 is 1.37 bits per heavy atom. The van der Waals surface area contributed by atoms with Crippen molar-refractivity contribution in [3.63, 3.8) is 0 Å². The lowest BCUT2D eigenvalue weighted by atomic mass is 10.2. The summed E-state index contributed by atoms with van der Waals surface area (Å²) in [7, 11) is 0. The van der Waals surface area contributed by atoms with Crippen LogP contribution in [0.5, 0.6) is 5.75 Å². The van der Waals surface area contributed by atoms with Crippen LogP contribution in [-0.4, -0.2) is 39.3 Å². The van der Waals surface area contributed by atoms with Crippen LogP contribution in [-0.2, 0) is 4.79 Å². The molecule has 1 saturated heterocycles. The van der Waals surface area contributed by atoms with Gasteiger partial charge >= 0.3 is 0 Å².